The average molecular weight is 427 g/mol. The van der Waals surface area contributed by atoms with E-state index in [2.05, 4.69) is 31.4 Å². The van der Waals surface area contributed by atoms with Gasteiger partial charge in [-0.3, -0.25) is 4.79 Å². The van der Waals surface area contributed by atoms with Crippen molar-refractivity contribution in [2.24, 2.45) is 17.1 Å². The summed E-state index contributed by atoms with van der Waals surface area (Å²) in [6.07, 6.45) is 6.23. The number of nitrogens with zero attached hydrogens (tertiary/aromatic N) is 1. The summed E-state index contributed by atoms with van der Waals surface area (Å²) in [7, 11) is 1.35. The molecule has 1 aliphatic carbocycles. The number of carbonyl (C=O) groups is 2. The van der Waals surface area contributed by atoms with Gasteiger partial charge in [-0.05, 0) is 56.3 Å². The molecule has 2 aliphatic rings. The molecule has 0 aromatic heterocycles. The van der Waals surface area contributed by atoms with Crippen LogP contribution in [-0.2, 0) is 9.53 Å². The van der Waals surface area contributed by atoms with E-state index in [-0.39, 0.29) is 23.4 Å². The first-order chi connectivity index (χ1) is 13.7. The Morgan fingerprint density at radius 3 is 2.48 bits per heavy atom. The summed E-state index contributed by atoms with van der Waals surface area (Å²) in [5.41, 5.74) is 5.72. The second-order valence-electron chi connectivity index (χ2n) is 9.13. The molecule has 1 saturated heterocycles. The van der Waals surface area contributed by atoms with Gasteiger partial charge in [-0.2, -0.15) is 0 Å². The van der Waals surface area contributed by atoms with Gasteiger partial charge < -0.3 is 26.0 Å². The lowest BCUT2D eigenvalue weighted by Gasteiger charge is -2.39. The highest BCUT2D eigenvalue weighted by Crippen LogP contribution is 2.30. The number of carbonyl (C=O) groups excluding carboxylic acids is 2. The third-order valence-electron chi connectivity index (χ3n) is 6.68. The minimum Gasteiger partial charge on any atom is -0.453 e. The molecular formula is C21H38N4O3S. The number of hydrogen-bond acceptors (Lipinski definition) is 5. The zero-order chi connectivity index (χ0) is 21.6. The lowest BCUT2D eigenvalue weighted by atomic mass is 9.81. The lowest BCUT2D eigenvalue weighted by Crippen LogP contribution is -2.57. The second kappa shape index (κ2) is 10.6. The van der Waals surface area contributed by atoms with Crippen LogP contribution >= 0.6 is 12.2 Å². The highest BCUT2D eigenvalue weighted by Gasteiger charge is 2.40. The smallest absolute Gasteiger partial charge is 0.407 e. The van der Waals surface area contributed by atoms with Gasteiger partial charge in [0.05, 0.1) is 13.2 Å². The van der Waals surface area contributed by atoms with Gasteiger partial charge in [0.25, 0.3) is 0 Å². The van der Waals surface area contributed by atoms with Gasteiger partial charge >= 0.3 is 6.09 Å². The molecule has 166 valence electrons. The molecule has 7 nitrogen and oxygen atoms in total. The molecule has 0 radical (unpaired) electrons. The third kappa shape index (κ3) is 6.28. The van der Waals surface area contributed by atoms with E-state index in [9.17, 15) is 9.59 Å². The van der Waals surface area contributed by atoms with Crippen molar-refractivity contribution < 1.29 is 14.3 Å². The SMILES string of the molecule is CCC(C)(C)[C@H](NC(=O)OC)C(=S)N1CCC[C@H]1C(=O)NCC1CCC(N)CC1. The first-order valence-corrected chi connectivity index (χ1v) is 11.3. The number of methoxy groups -OCH3 is 1. The Hall–Kier alpha value is -1.41. The summed E-state index contributed by atoms with van der Waals surface area (Å²) in [5.74, 6) is 0.541. The molecule has 2 amide bonds. The van der Waals surface area contributed by atoms with Gasteiger partial charge in [0.1, 0.15) is 11.0 Å². The molecule has 0 bridgehead atoms. The fourth-order valence-electron chi connectivity index (χ4n) is 4.20. The number of nitrogens with one attached hydrogen (secondary N) is 2. The minimum absolute atomic E-state index is 0.0332. The molecule has 1 aliphatic heterocycles. The van der Waals surface area contributed by atoms with E-state index in [4.69, 9.17) is 22.7 Å². The van der Waals surface area contributed by atoms with Crippen LogP contribution in [0.4, 0.5) is 4.79 Å². The van der Waals surface area contributed by atoms with Crippen LogP contribution in [0, 0.1) is 11.3 Å². The monoisotopic (exact) mass is 426 g/mol. The molecule has 2 rings (SSSR count). The summed E-state index contributed by atoms with van der Waals surface area (Å²) in [6.45, 7) is 7.64. The molecule has 8 heteroatoms. The number of hydrogen-bond donors (Lipinski definition) is 3. The van der Waals surface area contributed by atoms with Crippen LogP contribution in [0.25, 0.3) is 0 Å². The van der Waals surface area contributed by atoms with Crippen LogP contribution in [0.5, 0.6) is 0 Å². The number of nitrogens with two attached hydrogens (primary N) is 1. The number of likely N-dealkylation sites (tertiary alicyclic amines) is 1. The normalized spacial score (nSPS) is 26.0. The molecule has 2 fully saturated rings. The fourth-order valence-corrected chi connectivity index (χ4v) is 4.79. The maximum atomic E-state index is 12.9. The fraction of sp³-hybridized carbons (Fsp3) is 0.857. The first-order valence-electron chi connectivity index (χ1n) is 10.9. The van der Waals surface area contributed by atoms with Crippen LogP contribution in [-0.4, -0.2) is 60.2 Å². The average Bonchev–Trinajstić information content (AvgIpc) is 3.20. The first kappa shape index (κ1) is 23.9. The molecule has 2 atom stereocenters. The van der Waals surface area contributed by atoms with Gasteiger partial charge in [-0.25, -0.2) is 4.79 Å². The van der Waals surface area contributed by atoms with E-state index in [1.54, 1.807) is 0 Å². The van der Waals surface area contributed by atoms with Gasteiger partial charge in [0.15, 0.2) is 0 Å². The summed E-state index contributed by atoms with van der Waals surface area (Å²) < 4.78 is 4.80. The van der Waals surface area contributed by atoms with E-state index in [1.807, 2.05) is 4.90 Å². The van der Waals surface area contributed by atoms with E-state index in [0.29, 0.717) is 23.5 Å². The maximum Gasteiger partial charge on any atom is 0.407 e. The Balaban J connectivity index is 2.01. The van der Waals surface area contributed by atoms with Crippen molar-refractivity contribution in [1.29, 1.82) is 0 Å². The summed E-state index contributed by atoms with van der Waals surface area (Å²) in [6, 6.07) is -0.336. The van der Waals surface area contributed by atoms with Crippen molar-refractivity contribution in [2.45, 2.75) is 83.8 Å². The number of ether oxygens (including phenoxy) is 1. The van der Waals surface area contributed by atoms with Crippen molar-refractivity contribution in [3.05, 3.63) is 0 Å². The second-order valence-corrected chi connectivity index (χ2v) is 9.54. The molecule has 0 unspecified atom stereocenters. The van der Waals surface area contributed by atoms with E-state index < -0.39 is 6.09 Å². The summed E-state index contributed by atoms with van der Waals surface area (Å²) in [5, 5.41) is 6.04. The zero-order valence-corrected chi connectivity index (χ0v) is 19.1. The number of amides is 2. The van der Waals surface area contributed by atoms with Gasteiger partial charge in [-0.15, -0.1) is 0 Å². The van der Waals surface area contributed by atoms with E-state index in [1.165, 1.54) is 7.11 Å². The van der Waals surface area contributed by atoms with Gasteiger partial charge in [-0.1, -0.05) is 33.0 Å². The van der Waals surface area contributed by atoms with Crippen molar-refractivity contribution in [3.8, 4) is 0 Å². The Labute approximate surface area is 180 Å². The van der Waals surface area contributed by atoms with Gasteiger partial charge in [0, 0.05) is 19.1 Å². The predicted molar refractivity (Wildman–Crippen MR) is 119 cm³/mol. The standard InChI is InChI=1S/C21H38N4O3S/c1-5-21(2,3)17(24-20(27)28-4)19(29)25-12-6-7-16(25)18(26)23-13-14-8-10-15(22)11-9-14/h14-17H,5-13,22H2,1-4H3,(H,23,26)(H,24,27)/t14?,15?,16-,17+/m0/s1. The van der Waals surface area contributed by atoms with Crippen molar-refractivity contribution in [2.75, 3.05) is 20.2 Å². The number of thiocarbonyl (C=S) groups is 1. The van der Waals surface area contributed by atoms with Crippen LogP contribution in [0.3, 0.4) is 0 Å². The number of rotatable bonds is 7. The van der Waals surface area contributed by atoms with Crippen LogP contribution < -0.4 is 16.4 Å². The highest BCUT2D eigenvalue weighted by atomic mass is 32.1. The van der Waals surface area contributed by atoms with Crippen LogP contribution in [0.2, 0.25) is 0 Å². The Morgan fingerprint density at radius 1 is 1.24 bits per heavy atom. The predicted octanol–water partition coefficient (Wildman–Crippen LogP) is 2.57. The quantitative estimate of drug-likeness (QED) is 0.542. The summed E-state index contributed by atoms with van der Waals surface area (Å²) in [4.78, 5) is 27.5. The topological polar surface area (TPSA) is 96.7 Å². The minimum atomic E-state index is -0.505. The van der Waals surface area contributed by atoms with Crippen molar-refractivity contribution in [1.82, 2.24) is 15.5 Å². The molecule has 0 spiro atoms. The third-order valence-corrected chi connectivity index (χ3v) is 7.15. The van der Waals surface area contributed by atoms with Crippen LogP contribution in [0.1, 0.15) is 65.7 Å². The molecule has 4 N–H and O–H groups in total. The Morgan fingerprint density at radius 2 is 1.90 bits per heavy atom. The highest BCUT2D eigenvalue weighted by molar-refractivity contribution is 7.80. The van der Waals surface area contributed by atoms with Crippen molar-refractivity contribution >= 4 is 29.2 Å². The largest absolute Gasteiger partial charge is 0.453 e. The number of alkyl carbamates (subject to hydrolysis) is 1. The molecular weight excluding hydrogens is 388 g/mol. The summed E-state index contributed by atoms with van der Waals surface area (Å²) >= 11 is 5.80. The molecule has 0 aromatic rings. The molecule has 1 saturated carbocycles. The lowest BCUT2D eigenvalue weighted by molar-refractivity contribution is -0.124. The van der Waals surface area contributed by atoms with Gasteiger partial charge in [0.2, 0.25) is 5.91 Å². The Bertz CT molecular complexity index is 590. The zero-order valence-electron chi connectivity index (χ0n) is 18.3. The van der Waals surface area contributed by atoms with Crippen molar-refractivity contribution in [3.63, 3.8) is 0 Å². The van der Waals surface area contributed by atoms with Crippen LogP contribution in [0.15, 0.2) is 0 Å². The van der Waals surface area contributed by atoms with E-state index in [0.717, 1.165) is 51.5 Å². The molecule has 1 heterocycles. The van der Waals surface area contributed by atoms with E-state index >= 15 is 0 Å². The maximum absolute atomic E-state index is 12.9. The molecule has 29 heavy (non-hydrogen) atoms. The Kier molecular flexibility index (Phi) is 8.70. The molecule has 0 aromatic carbocycles.